The van der Waals surface area contributed by atoms with Crippen molar-refractivity contribution in [2.75, 3.05) is 75.3 Å². The molecule has 2 aromatic carbocycles. The minimum atomic E-state index is 0.131. The summed E-state index contributed by atoms with van der Waals surface area (Å²) in [5, 5.41) is 14.0. The highest BCUT2D eigenvalue weighted by Gasteiger charge is 2.29. The van der Waals surface area contributed by atoms with Crippen LogP contribution in [0.5, 0.6) is 0 Å². The van der Waals surface area contributed by atoms with E-state index in [0.29, 0.717) is 5.56 Å². The second kappa shape index (κ2) is 11.3. The molecule has 0 radical (unpaired) electrons. The second-order valence-corrected chi connectivity index (χ2v) is 10.6. The lowest BCUT2D eigenvalue weighted by Gasteiger charge is -2.42. The van der Waals surface area contributed by atoms with Crippen molar-refractivity contribution in [2.45, 2.75) is 25.2 Å². The zero-order valence-electron chi connectivity index (χ0n) is 22.1. The van der Waals surface area contributed by atoms with Gasteiger partial charge in [-0.25, -0.2) is 0 Å². The summed E-state index contributed by atoms with van der Waals surface area (Å²) < 4.78 is 12.4. The van der Waals surface area contributed by atoms with Gasteiger partial charge in [-0.3, -0.25) is 9.88 Å². The van der Waals surface area contributed by atoms with Gasteiger partial charge in [0, 0.05) is 81.9 Å². The van der Waals surface area contributed by atoms with Crippen molar-refractivity contribution >= 4 is 22.3 Å². The van der Waals surface area contributed by atoms with Crippen molar-refractivity contribution in [1.82, 2.24) is 15.2 Å². The summed E-state index contributed by atoms with van der Waals surface area (Å²) in [4.78, 5) is 11.9. The van der Waals surface area contributed by atoms with Crippen LogP contribution >= 0.6 is 0 Å². The van der Waals surface area contributed by atoms with Gasteiger partial charge in [-0.05, 0) is 48.9 Å². The average molecular weight is 513 g/mol. The molecule has 3 atom stereocenters. The number of morpholine rings is 2. The maximum atomic E-state index is 9.53. The number of aromatic nitrogens is 1. The van der Waals surface area contributed by atoms with E-state index in [0.717, 1.165) is 82.1 Å². The number of hydrogen-bond donors (Lipinski definition) is 1. The molecule has 1 unspecified atom stereocenters. The molecule has 3 fully saturated rings. The van der Waals surface area contributed by atoms with Gasteiger partial charge in [0.1, 0.15) is 6.07 Å². The largest absolute Gasteiger partial charge is 0.371 e. The van der Waals surface area contributed by atoms with Gasteiger partial charge in [0.25, 0.3) is 0 Å². The minimum absolute atomic E-state index is 0.131. The van der Waals surface area contributed by atoms with Gasteiger partial charge >= 0.3 is 0 Å². The molecule has 38 heavy (non-hydrogen) atoms. The normalized spacial score (nSPS) is 24.9. The van der Waals surface area contributed by atoms with Gasteiger partial charge in [0.05, 0.1) is 36.0 Å². The maximum absolute atomic E-state index is 9.53. The Labute approximate surface area is 224 Å². The smallest absolute Gasteiger partial charge is 0.101 e. The third-order valence-electron chi connectivity index (χ3n) is 7.90. The predicted octanol–water partition coefficient (Wildman–Crippen LogP) is 3.18. The molecular weight excluding hydrogens is 476 g/mol. The molecule has 0 aliphatic carbocycles. The van der Waals surface area contributed by atoms with Crippen molar-refractivity contribution in [1.29, 1.82) is 5.26 Å². The van der Waals surface area contributed by atoms with Crippen LogP contribution in [0.15, 0.2) is 54.7 Å². The van der Waals surface area contributed by atoms with Crippen molar-refractivity contribution in [2.24, 2.45) is 0 Å². The molecule has 8 nitrogen and oxygen atoms in total. The van der Waals surface area contributed by atoms with Crippen LogP contribution in [0.1, 0.15) is 24.2 Å². The van der Waals surface area contributed by atoms with Crippen molar-refractivity contribution in [3.8, 4) is 6.07 Å². The average Bonchev–Trinajstić information content (AvgIpc) is 2.97. The number of benzene rings is 2. The number of rotatable bonds is 5. The van der Waals surface area contributed by atoms with Crippen LogP contribution in [0.25, 0.3) is 10.9 Å². The SMILES string of the molecule is C[C@@H]1CN(c2ccc(C#N)c3ncccc23)C[C@H](CN2CCN(c3cccc(C4CNCCO4)c3)CC2)O1. The first kappa shape index (κ1) is 25.1. The number of ether oxygens (including phenoxy) is 2. The lowest BCUT2D eigenvalue weighted by atomic mass is 10.1. The lowest BCUT2D eigenvalue weighted by molar-refractivity contribution is -0.0327. The molecule has 3 aliphatic rings. The molecule has 0 amide bonds. The van der Waals surface area contributed by atoms with Crippen LogP contribution in [-0.2, 0) is 9.47 Å². The van der Waals surface area contributed by atoms with Crippen LogP contribution in [-0.4, -0.2) is 87.6 Å². The van der Waals surface area contributed by atoms with Crippen LogP contribution in [0.4, 0.5) is 11.4 Å². The first-order valence-electron chi connectivity index (χ1n) is 13.8. The fourth-order valence-corrected chi connectivity index (χ4v) is 6.04. The second-order valence-electron chi connectivity index (χ2n) is 10.6. The summed E-state index contributed by atoms with van der Waals surface area (Å²) in [5.74, 6) is 0. The zero-order valence-corrected chi connectivity index (χ0v) is 22.1. The third-order valence-corrected chi connectivity index (χ3v) is 7.90. The van der Waals surface area contributed by atoms with Crippen LogP contribution < -0.4 is 15.1 Å². The fourth-order valence-electron chi connectivity index (χ4n) is 6.04. The molecule has 6 rings (SSSR count). The van der Waals surface area contributed by atoms with E-state index >= 15 is 0 Å². The molecule has 8 heteroatoms. The number of fused-ring (bicyclic) bond motifs is 1. The molecule has 0 bridgehead atoms. The molecule has 0 spiro atoms. The van der Waals surface area contributed by atoms with Gasteiger partial charge in [-0.2, -0.15) is 5.26 Å². The van der Waals surface area contributed by atoms with Gasteiger partial charge in [-0.1, -0.05) is 12.1 Å². The van der Waals surface area contributed by atoms with Gasteiger partial charge < -0.3 is 24.6 Å². The van der Waals surface area contributed by atoms with Crippen molar-refractivity contribution in [3.63, 3.8) is 0 Å². The van der Waals surface area contributed by atoms with Gasteiger partial charge in [0.15, 0.2) is 0 Å². The Kier molecular flexibility index (Phi) is 7.43. The van der Waals surface area contributed by atoms with E-state index in [1.807, 2.05) is 12.1 Å². The molecular formula is C30H36N6O2. The number of nitrogens with zero attached hydrogens (tertiary/aromatic N) is 5. The molecule has 3 aromatic rings. The van der Waals surface area contributed by atoms with Crippen LogP contribution in [0.3, 0.4) is 0 Å². The highest BCUT2D eigenvalue weighted by Crippen LogP contribution is 2.31. The molecule has 3 aliphatic heterocycles. The molecule has 3 saturated heterocycles. The summed E-state index contributed by atoms with van der Waals surface area (Å²) in [6.07, 6.45) is 2.17. The Bertz CT molecular complexity index is 1300. The van der Waals surface area contributed by atoms with E-state index in [4.69, 9.17) is 9.47 Å². The Morgan fingerprint density at radius 3 is 2.76 bits per heavy atom. The summed E-state index contributed by atoms with van der Waals surface area (Å²) in [6, 6.07) is 19.1. The van der Waals surface area contributed by atoms with E-state index in [-0.39, 0.29) is 18.3 Å². The lowest BCUT2D eigenvalue weighted by Crippen LogP contribution is -2.54. The molecule has 1 N–H and O–H groups in total. The number of hydrogen-bond acceptors (Lipinski definition) is 8. The first-order chi connectivity index (χ1) is 18.7. The number of anilines is 2. The van der Waals surface area contributed by atoms with Gasteiger partial charge in [0.2, 0.25) is 0 Å². The number of pyridine rings is 1. The van der Waals surface area contributed by atoms with Crippen molar-refractivity contribution in [3.05, 3.63) is 65.9 Å². The summed E-state index contributed by atoms with van der Waals surface area (Å²) in [6.45, 7) is 11.4. The highest BCUT2D eigenvalue weighted by atomic mass is 16.5. The summed E-state index contributed by atoms with van der Waals surface area (Å²) in [7, 11) is 0. The zero-order chi connectivity index (χ0) is 25.9. The maximum Gasteiger partial charge on any atom is 0.101 e. The van der Waals surface area contributed by atoms with Crippen LogP contribution in [0, 0.1) is 11.3 Å². The van der Waals surface area contributed by atoms with Crippen molar-refractivity contribution < 1.29 is 9.47 Å². The minimum Gasteiger partial charge on any atom is -0.371 e. The number of nitrogens with one attached hydrogen (secondary N) is 1. The Hall–Kier alpha value is -3.22. The molecule has 198 valence electrons. The van der Waals surface area contributed by atoms with E-state index in [9.17, 15) is 5.26 Å². The monoisotopic (exact) mass is 512 g/mol. The fraction of sp³-hybridized carbons (Fsp3) is 0.467. The Morgan fingerprint density at radius 1 is 1.05 bits per heavy atom. The summed E-state index contributed by atoms with van der Waals surface area (Å²) in [5.41, 5.74) is 5.07. The summed E-state index contributed by atoms with van der Waals surface area (Å²) >= 11 is 0. The first-order valence-corrected chi connectivity index (χ1v) is 13.8. The van der Waals surface area contributed by atoms with E-state index < -0.39 is 0 Å². The van der Waals surface area contributed by atoms with E-state index in [2.05, 4.69) is 74.4 Å². The molecule has 4 heterocycles. The predicted molar refractivity (Wildman–Crippen MR) is 150 cm³/mol. The highest BCUT2D eigenvalue weighted by molar-refractivity contribution is 5.95. The third kappa shape index (κ3) is 5.33. The molecule has 1 aromatic heterocycles. The number of piperazine rings is 1. The van der Waals surface area contributed by atoms with E-state index in [1.54, 1.807) is 6.20 Å². The molecule has 0 saturated carbocycles. The Morgan fingerprint density at radius 2 is 1.95 bits per heavy atom. The Balaban J connectivity index is 1.09. The number of nitriles is 1. The standard InChI is InChI=1S/C30H36N6O2/c1-22-19-36(28-8-7-24(17-31)30-27(28)6-3-9-33-30)21-26(38-22)20-34-11-13-35(14-12-34)25-5-2-4-23(16-25)29-18-32-10-15-37-29/h2-9,16,22,26,29,32H,10-15,18-21H2,1H3/t22-,26+,29?/m1/s1. The van der Waals surface area contributed by atoms with Crippen LogP contribution in [0.2, 0.25) is 0 Å². The topological polar surface area (TPSA) is 76.9 Å². The van der Waals surface area contributed by atoms with E-state index in [1.165, 1.54) is 11.3 Å². The van der Waals surface area contributed by atoms with Gasteiger partial charge in [-0.15, -0.1) is 0 Å². The quantitative estimate of drug-likeness (QED) is 0.559.